The number of nitrogens with one attached hydrogen (secondary N) is 2. The number of carbonyl (C=O) groups is 1. The summed E-state index contributed by atoms with van der Waals surface area (Å²) in [6, 6.07) is 4.11. The van der Waals surface area contributed by atoms with E-state index in [1.54, 1.807) is 11.3 Å². The van der Waals surface area contributed by atoms with Crippen molar-refractivity contribution in [2.75, 3.05) is 13.6 Å². The maximum Gasteiger partial charge on any atom is 0.259 e. The summed E-state index contributed by atoms with van der Waals surface area (Å²) in [5.74, 6) is -0.147. The van der Waals surface area contributed by atoms with Gasteiger partial charge in [0.15, 0.2) is 0 Å². The summed E-state index contributed by atoms with van der Waals surface area (Å²) in [6.07, 6.45) is 0. The number of pyridine rings is 1. The molecule has 0 aromatic carbocycles. The highest BCUT2D eigenvalue weighted by Crippen LogP contribution is 2.32. The molecule has 0 aliphatic heterocycles. The predicted octanol–water partition coefficient (Wildman–Crippen LogP) is 3.64. The number of hydrogen-bond donors (Lipinski definition) is 2. The molecule has 3 aromatic heterocycles. The van der Waals surface area contributed by atoms with Crippen molar-refractivity contribution in [1.29, 1.82) is 0 Å². The van der Waals surface area contributed by atoms with E-state index in [0.717, 1.165) is 16.1 Å². The molecule has 2 N–H and O–H groups in total. The van der Waals surface area contributed by atoms with E-state index in [1.165, 1.54) is 4.88 Å². The molecule has 3 aromatic rings. The molecule has 1 amide bonds. The zero-order valence-corrected chi connectivity index (χ0v) is 17.1. The largest absolute Gasteiger partial charge is 0.350 e. The lowest BCUT2D eigenvalue weighted by atomic mass is 10.1. The normalized spacial score (nSPS) is 12.0. The summed E-state index contributed by atoms with van der Waals surface area (Å²) < 4.78 is 5.35. The van der Waals surface area contributed by atoms with Gasteiger partial charge in [-0.25, -0.2) is 4.98 Å². The Kier molecular flexibility index (Phi) is 6.39. The van der Waals surface area contributed by atoms with Gasteiger partial charge in [0, 0.05) is 27.9 Å². The second kappa shape index (κ2) is 8.16. The first-order chi connectivity index (χ1) is 11.9. The summed E-state index contributed by atoms with van der Waals surface area (Å²) >= 11 is 1.71. The van der Waals surface area contributed by atoms with Gasteiger partial charge >= 0.3 is 0 Å². The Balaban J connectivity index is 0.00000243. The Morgan fingerprint density at radius 3 is 2.65 bits per heavy atom. The Morgan fingerprint density at radius 1 is 1.31 bits per heavy atom. The molecule has 1 atom stereocenters. The first-order valence-electron chi connectivity index (χ1n) is 8.20. The van der Waals surface area contributed by atoms with Crippen LogP contribution in [0.5, 0.6) is 0 Å². The Labute approximate surface area is 162 Å². The number of aromatic nitrogens is 2. The van der Waals surface area contributed by atoms with Crippen molar-refractivity contribution in [3.8, 4) is 11.3 Å². The maximum absolute atomic E-state index is 12.8. The maximum atomic E-state index is 12.8. The number of thiophene rings is 1. The highest BCUT2D eigenvalue weighted by molar-refractivity contribution is 7.12. The second-order valence-electron chi connectivity index (χ2n) is 6.23. The second-order valence-corrected chi connectivity index (χ2v) is 7.69. The minimum Gasteiger partial charge on any atom is -0.350 e. The average Bonchev–Trinajstić information content (AvgIpc) is 3.13. The molecule has 0 saturated heterocycles. The molecular weight excluding hydrogens is 372 g/mol. The van der Waals surface area contributed by atoms with Crippen LogP contribution >= 0.6 is 23.7 Å². The number of aryl methyl sites for hydroxylation is 3. The van der Waals surface area contributed by atoms with Crippen molar-refractivity contribution >= 4 is 40.8 Å². The third-order valence-electron chi connectivity index (χ3n) is 4.24. The van der Waals surface area contributed by atoms with Crippen molar-refractivity contribution in [1.82, 2.24) is 20.8 Å². The van der Waals surface area contributed by atoms with Gasteiger partial charge in [-0.05, 0) is 46.9 Å². The number of amides is 1. The third kappa shape index (κ3) is 3.90. The zero-order chi connectivity index (χ0) is 18.1. The fourth-order valence-electron chi connectivity index (χ4n) is 2.74. The van der Waals surface area contributed by atoms with Crippen molar-refractivity contribution in [2.24, 2.45) is 0 Å². The monoisotopic (exact) mass is 394 g/mol. The summed E-state index contributed by atoms with van der Waals surface area (Å²) in [4.78, 5) is 19.7. The van der Waals surface area contributed by atoms with Crippen molar-refractivity contribution in [3.05, 3.63) is 33.1 Å². The van der Waals surface area contributed by atoms with Gasteiger partial charge in [-0.3, -0.25) is 4.79 Å². The van der Waals surface area contributed by atoms with Crippen LogP contribution in [0.3, 0.4) is 0 Å². The lowest BCUT2D eigenvalue weighted by Crippen LogP contribution is -2.37. The van der Waals surface area contributed by atoms with E-state index in [9.17, 15) is 4.79 Å². The Hall–Kier alpha value is -1.96. The number of rotatable bonds is 5. The molecule has 26 heavy (non-hydrogen) atoms. The van der Waals surface area contributed by atoms with Crippen molar-refractivity contribution in [3.63, 3.8) is 0 Å². The molecular formula is C18H23ClN4O2S. The molecule has 3 rings (SSSR count). The molecule has 0 saturated carbocycles. The van der Waals surface area contributed by atoms with E-state index in [4.69, 9.17) is 4.52 Å². The van der Waals surface area contributed by atoms with Crippen LogP contribution in [0.4, 0.5) is 0 Å². The molecule has 0 bridgehead atoms. The molecule has 1 unspecified atom stereocenters. The lowest BCUT2D eigenvalue weighted by Gasteiger charge is -2.12. The first kappa shape index (κ1) is 20.4. The lowest BCUT2D eigenvalue weighted by molar-refractivity contribution is 0.0952. The minimum atomic E-state index is -0.147. The number of nitrogens with zero attached hydrogens (tertiary/aromatic N) is 2. The van der Waals surface area contributed by atoms with Gasteiger partial charge in [0.2, 0.25) is 0 Å². The molecule has 0 aliphatic rings. The van der Waals surface area contributed by atoms with Gasteiger partial charge in [0.1, 0.15) is 0 Å². The van der Waals surface area contributed by atoms with Gasteiger partial charge in [-0.1, -0.05) is 5.16 Å². The van der Waals surface area contributed by atoms with Gasteiger partial charge in [0.05, 0.1) is 22.3 Å². The van der Waals surface area contributed by atoms with Crippen LogP contribution in [0.1, 0.15) is 32.7 Å². The molecule has 6 nitrogen and oxygen atoms in total. The van der Waals surface area contributed by atoms with E-state index >= 15 is 0 Å². The van der Waals surface area contributed by atoms with E-state index in [1.807, 2.05) is 27.0 Å². The van der Waals surface area contributed by atoms with Gasteiger partial charge in [0.25, 0.3) is 11.6 Å². The number of likely N-dealkylation sites (N-methyl/N-ethyl adjacent to an activating group) is 1. The van der Waals surface area contributed by atoms with Gasteiger partial charge < -0.3 is 15.2 Å². The fourth-order valence-corrected chi connectivity index (χ4v) is 3.67. The Bertz CT molecular complexity index is 935. The number of halogens is 1. The molecule has 140 valence electrons. The number of hydrogen-bond acceptors (Lipinski definition) is 6. The van der Waals surface area contributed by atoms with Crippen LogP contribution in [0, 0.1) is 20.8 Å². The molecule has 3 heterocycles. The van der Waals surface area contributed by atoms with Crippen LogP contribution in [-0.2, 0) is 0 Å². The van der Waals surface area contributed by atoms with Crippen LogP contribution in [0.2, 0.25) is 0 Å². The SMILES string of the molecule is CNC(C)CNC(=O)c1cc(-c2cc(C)sc2C)nc2onc(C)c12.Cl. The number of fused-ring (bicyclic) bond motifs is 1. The van der Waals surface area contributed by atoms with Crippen molar-refractivity contribution in [2.45, 2.75) is 33.7 Å². The summed E-state index contributed by atoms with van der Waals surface area (Å²) in [5, 5.41) is 10.7. The minimum absolute atomic E-state index is 0. The van der Waals surface area contributed by atoms with Crippen LogP contribution in [-0.4, -0.2) is 35.7 Å². The van der Waals surface area contributed by atoms with Crippen LogP contribution < -0.4 is 10.6 Å². The van der Waals surface area contributed by atoms with E-state index in [2.05, 4.69) is 40.7 Å². The smallest absolute Gasteiger partial charge is 0.259 e. The average molecular weight is 395 g/mol. The molecule has 8 heteroatoms. The molecule has 0 aliphatic carbocycles. The number of carbonyl (C=O) groups excluding carboxylic acids is 1. The fraction of sp³-hybridized carbons (Fsp3) is 0.389. The van der Waals surface area contributed by atoms with E-state index in [-0.39, 0.29) is 24.4 Å². The zero-order valence-electron chi connectivity index (χ0n) is 15.5. The van der Waals surface area contributed by atoms with E-state index < -0.39 is 0 Å². The summed E-state index contributed by atoms with van der Waals surface area (Å²) in [7, 11) is 1.87. The highest BCUT2D eigenvalue weighted by atomic mass is 35.5. The summed E-state index contributed by atoms with van der Waals surface area (Å²) in [6.45, 7) is 8.48. The van der Waals surface area contributed by atoms with Crippen LogP contribution in [0.15, 0.2) is 16.7 Å². The first-order valence-corrected chi connectivity index (χ1v) is 9.02. The Morgan fingerprint density at radius 2 is 2.04 bits per heavy atom. The topological polar surface area (TPSA) is 80.0 Å². The van der Waals surface area contributed by atoms with Gasteiger partial charge in [-0.2, -0.15) is 0 Å². The quantitative estimate of drug-likeness (QED) is 0.690. The standard InChI is InChI=1S/C18H22N4O2S.ClH/c1-9(19-5)8-20-17(23)14-7-15(13-6-10(2)25-12(13)4)21-18-16(14)11(3)22-24-18;/h6-7,9,19H,8H2,1-5H3,(H,20,23);1H. The highest BCUT2D eigenvalue weighted by Gasteiger charge is 2.20. The third-order valence-corrected chi connectivity index (χ3v) is 5.21. The van der Waals surface area contributed by atoms with Gasteiger partial charge in [-0.15, -0.1) is 23.7 Å². The van der Waals surface area contributed by atoms with Crippen LogP contribution in [0.25, 0.3) is 22.4 Å². The molecule has 0 fully saturated rings. The summed E-state index contributed by atoms with van der Waals surface area (Å²) in [5.41, 5.74) is 3.36. The van der Waals surface area contributed by atoms with E-state index in [0.29, 0.717) is 28.9 Å². The molecule has 0 spiro atoms. The van der Waals surface area contributed by atoms with Crippen molar-refractivity contribution < 1.29 is 9.32 Å². The predicted molar refractivity (Wildman–Crippen MR) is 107 cm³/mol. The molecule has 0 radical (unpaired) electrons.